The molecule has 28 heavy (non-hydrogen) atoms. The van der Waals surface area contributed by atoms with Crippen molar-refractivity contribution in [3.63, 3.8) is 0 Å². The second kappa shape index (κ2) is 8.09. The Labute approximate surface area is 167 Å². The van der Waals surface area contributed by atoms with Gasteiger partial charge in [-0.2, -0.15) is 5.10 Å². The smallest absolute Gasteiger partial charge is 0.307 e. The predicted molar refractivity (Wildman–Crippen MR) is 105 cm³/mol. The van der Waals surface area contributed by atoms with Gasteiger partial charge in [0.15, 0.2) is 17.3 Å². The number of halogens is 1. The first-order valence-electron chi connectivity index (χ1n) is 7.86. The minimum atomic E-state index is -0.591. The van der Waals surface area contributed by atoms with Crippen molar-refractivity contribution in [2.24, 2.45) is 5.10 Å². The Morgan fingerprint density at radius 1 is 1.21 bits per heavy atom. The Balaban J connectivity index is 1.82. The molecule has 2 aromatic carbocycles. The van der Waals surface area contributed by atoms with Crippen LogP contribution >= 0.6 is 15.9 Å². The molecule has 3 aromatic rings. The number of nitrogens with one attached hydrogen (secondary N) is 1. The van der Waals surface area contributed by atoms with Crippen molar-refractivity contribution in [3.8, 4) is 11.5 Å². The first-order valence-corrected chi connectivity index (χ1v) is 8.65. The summed E-state index contributed by atoms with van der Waals surface area (Å²) in [6.45, 7) is 0. The quantitative estimate of drug-likeness (QED) is 0.348. The fourth-order valence-corrected chi connectivity index (χ4v) is 2.87. The zero-order chi connectivity index (χ0) is 20.3. The molecular weight excluding hydrogens is 434 g/mol. The van der Waals surface area contributed by atoms with Gasteiger partial charge < -0.3 is 13.9 Å². The Morgan fingerprint density at radius 2 is 1.93 bits per heavy atom. The summed E-state index contributed by atoms with van der Waals surface area (Å²) in [5.41, 5.74) is 2.72. The van der Waals surface area contributed by atoms with Crippen LogP contribution < -0.4 is 14.9 Å². The third-order valence-electron chi connectivity index (χ3n) is 3.80. The first-order chi connectivity index (χ1) is 13.4. The number of hydrazone groups is 1. The van der Waals surface area contributed by atoms with Crippen LogP contribution in [0.15, 0.2) is 50.4 Å². The molecule has 0 aliphatic rings. The predicted octanol–water partition coefficient (Wildman–Crippen LogP) is 3.88. The van der Waals surface area contributed by atoms with Gasteiger partial charge in [0.05, 0.1) is 37.0 Å². The molecule has 0 saturated heterocycles. The molecule has 1 amide bonds. The monoisotopic (exact) mass is 447 g/mol. The van der Waals surface area contributed by atoms with Crippen LogP contribution in [0.25, 0.3) is 11.0 Å². The SMILES string of the molecule is COc1cc(/C=N/NC(=O)c2cc3cc(Br)ccc3o2)c([N+](=O)[O-])cc1OC. The molecule has 10 heteroatoms. The summed E-state index contributed by atoms with van der Waals surface area (Å²) in [5, 5.41) is 15.8. The molecule has 0 saturated carbocycles. The Hall–Kier alpha value is -3.40. The van der Waals surface area contributed by atoms with Gasteiger partial charge in [0.2, 0.25) is 0 Å². The molecule has 0 spiro atoms. The van der Waals surface area contributed by atoms with E-state index in [9.17, 15) is 14.9 Å². The van der Waals surface area contributed by atoms with Gasteiger partial charge in [-0.05, 0) is 30.3 Å². The number of nitro benzene ring substituents is 1. The van der Waals surface area contributed by atoms with Gasteiger partial charge >= 0.3 is 5.91 Å². The standard InChI is InChI=1S/C18H14BrN3O6/c1-26-15-7-11(13(22(24)25)8-16(15)27-2)9-20-21-18(23)17-6-10-5-12(19)3-4-14(10)28-17/h3-9H,1-2H3,(H,21,23)/b20-9+. The number of methoxy groups -OCH3 is 2. The molecule has 0 aliphatic carbocycles. The summed E-state index contributed by atoms with van der Waals surface area (Å²) >= 11 is 3.35. The van der Waals surface area contributed by atoms with E-state index in [2.05, 4.69) is 26.5 Å². The van der Waals surface area contributed by atoms with Crippen molar-refractivity contribution in [2.45, 2.75) is 0 Å². The zero-order valence-electron chi connectivity index (χ0n) is 14.8. The van der Waals surface area contributed by atoms with Crippen LogP contribution in [-0.4, -0.2) is 31.3 Å². The lowest BCUT2D eigenvalue weighted by atomic mass is 10.1. The van der Waals surface area contributed by atoms with E-state index in [0.717, 1.165) is 16.1 Å². The number of furan rings is 1. The number of nitrogens with zero attached hydrogens (tertiary/aromatic N) is 2. The number of hydrogen-bond acceptors (Lipinski definition) is 7. The maximum atomic E-state index is 12.2. The van der Waals surface area contributed by atoms with Gasteiger partial charge in [-0.15, -0.1) is 0 Å². The van der Waals surface area contributed by atoms with Crippen molar-refractivity contribution in [3.05, 3.63) is 62.3 Å². The summed E-state index contributed by atoms with van der Waals surface area (Å²) in [5.74, 6) is -0.0219. The highest BCUT2D eigenvalue weighted by atomic mass is 79.9. The first kappa shape index (κ1) is 19.4. The van der Waals surface area contributed by atoms with E-state index >= 15 is 0 Å². The molecule has 1 N–H and O–H groups in total. The lowest BCUT2D eigenvalue weighted by Gasteiger charge is -2.08. The summed E-state index contributed by atoms with van der Waals surface area (Å²) in [7, 11) is 2.79. The van der Waals surface area contributed by atoms with E-state index in [1.54, 1.807) is 18.2 Å². The van der Waals surface area contributed by atoms with Crippen LogP contribution in [-0.2, 0) is 0 Å². The van der Waals surface area contributed by atoms with E-state index in [1.165, 1.54) is 26.4 Å². The van der Waals surface area contributed by atoms with E-state index < -0.39 is 10.8 Å². The van der Waals surface area contributed by atoms with E-state index in [-0.39, 0.29) is 22.8 Å². The van der Waals surface area contributed by atoms with Crippen molar-refractivity contribution in [1.29, 1.82) is 0 Å². The van der Waals surface area contributed by atoms with Gasteiger partial charge in [0, 0.05) is 9.86 Å². The molecule has 1 heterocycles. The summed E-state index contributed by atoms with van der Waals surface area (Å²) in [4.78, 5) is 22.9. The number of nitro groups is 1. The van der Waals surface area contributed by atoms with Crippen LogP contribution in [0, 0.1) is 10.1 Å². The number of rotatable bonds is 6. The van der Waals surface area contributed by atoms with Crippen molar-refractivity contribution in [2.75, 3.05) is 14.2 Å². The van der Waals surface area contributed by atoms with Crippen LogP contribution in [0.2, 0.25) is 0 Å². The van der Waals surface area contributed by atoms with Crippen molar-refractivity contribution in [1.82, 2.24) is 5.43 Å². The van der Waals surface area contributed by atoms with Crippen molar-refractivity contribution >= 4 is 44.7 Å². The third-order valence-corrected chi connectivity index (χ3v) is 4.29. The second-order valence-electron chi connectivity index (χ2n) is 5.52. The Kier molecular flexibility index (Phi) is 5.59. The largest absolute Gasteiger partial charge is 0.493 e. The second-order valence-corrected chi connectivity index (χ2v) is 6.43. The number of hydrogen-bond donors (Lipinski definition) is 1. The maximum absolute atomic E-state index is 12.2. The van der Waals surface area contributed by atoms with Crippen LogP contribution in [0.4, 0.5) is 5.69 Å². The zero-order valence-corrected chi connectivity index (χ0v) is 16.3. The topological polar surface area (TPSA) is 116 Å². The number of fused-ring (bicyclic) bond motifs is 1. The molecule has 0 unspecified atom stereocenters. The van der Waals surface area contributed by atoms with E-state index in [0.29, 0.717) is 11.3 Å². The number of ether oxygens (including phenoxy) is 2. The fraction of sp³-hybridized carbons (Fsp3) is 0.111. The fourth-order valence-electron chi connectivity index (χ4n) is 2.49. The molecule has 0 bridgehead atoms. The van der Waals surface area contributed by atoms with E-state index in [1.807, 2.05) is 6.07 Å². The molecule has 0 radical (unpaired) electrons. The highest BCUT2D eigenvalue weighted by molar-refractivity contribution is 9.10. The Bertz CT molecular complexity index is 1090. The molecule has 0 fully saturated rings. The molecular formula is C18H14BrN3O6. The van der Waals surface area contributed by atoms with Crippen LogP contribution in [0.1, 0.15) is 16.1 Å². The van der Waals surface area contributed by atoms with Crippen LogP contribution in [0.5, 0.6) is 11.5 Å². The van der Waals surface area contributed by atoms with Gasteiger partial charge in [0.1, 0.15) is 5.58 Å². The van der Waals surface area contributed by atoms with Gasteiger partial charge in [-0.3, -0.25) is 14.9 Å². The van der Waals surface area contributed by atoms with Gasteiger partial charge in [-0.25, -0.2) is 5.43 Å². The van der Waals surface area contributed by atoms with Crippen LogP contribution in [0.3, 0.4) is 0 Å². The van der Waals surface area contributed by atoms with Crippen molar-refractivity contribution < 1.29 is 23.6 Å². The highest BCUT2D eigenvalue weighted by Crippen LogP contribution is 2.33. The average Bonchev–Trinajstić information content (AvgIpc) is 3.10. The third kappa shape index (κ3) is 3.96. The highest BCUT2D eigenvalue weighted by Gasteiger charge is 2.18. The molecule has 1 aromatic heterocycles. The minimum Gasteiger partial charge on any atom is -0.493 e. The maximum Gasteiger partial charge on any atom is 0.307 e. The molecule has 144 valence electrons. The van der Waals surface area contributed by atoms with Gasteiger partial charge in [0.25, 0.3) is 5.69 Å². The molecule has 0 aliphatic heterocycles. The molecule has 9 nitrogen and oxygen atoms in total. The summed E-state index contributed by atoms with van der Waals surface area (Å²) in [6.07, 6.45) is 1.15. The molecule has 3 rings (SSSR count). The summed E-state index contributed by atoms with van der Waals surface area (Å²) in [6, 6.07) is 9.52. The number of carbonyl (C=O) groups is 1. The summed E-state index contributed by atoms with van der Waals surface area (Å²) < 4.78 is 16.5. The lowest BCUT2D eigenvalue weighted by molar-refractivity contribution is -0.385. The van der Waals surface area contributed by atoms with Gasteiger partial charge in [-0.1, -0.05) is 15.9 Å². The number of amides is 1. The Morgan fingerprint density at radius 3 is 2.61 bits per heavy atom. The number of carbonyl (C=O) groups excluding carboxylic acids is 1. The van der Waals surface area contributed by atoms with E-state index in [4.69, 9.17) is 13.9 Å². The molecule has 0 atom stereocenters. The number of benzene rings is 2. The normalized spacial score (nSPS) is 11.0. The average molecular weight is 448 g/mol. The lowest BCUT2D eigenvalue weighted by Crippen LogP contribution is -2.16. The minimum absolute atomic E-state index is 0.0621.